The molecule has 0 fully saturated rings. The third-order valence-corrected chi connectivity index (χ3v) is 7.54. The van der Waals surface area contributed by atoms with E-state index >= 15 is 0 Å². The number of carbonyl (C=O) groups excluding carboxylic acids is 2. The summed E-state index contributed by atoms with van der Waals surface area (Å²) < 4.78 is 11.5. The maximum absolute atomic E-state index is 13.7. The zero-order valence-electron chi connectivity index (χ0n) is 23.9. The second-order valence-electron chi connectivity index (χ2n) is 11.5. The van der Waals surface area contributed by atoms with Crippen molar-refractivity contribution in [2.45, 2.75) is 65.1 Å². The minimum Gasteiger partial charge on any atom is -0.448 e. The van der Waals surface area contributed by atoms with Crippen LogP contribution in [0, 0.1) is 5.92 Å². The minimum absolute atomic E-state index is 0.0466. The molecule has 0 spiro atoms. The number of halogens is 1. The van der Waals surface area contributed by atoms with E-state index in [9.17, 15) is 9.59 Å². The van der Waals surface area contributed by atoms with Gasteiger partial charge in [0.05, 0.1) is 6.04 Å². The molecule has 6 nitrogen and oxygen atoms in total. The van der Waals surface area contributed by atoms with Gasteiger partial charge in [-0.15, -0.1) is 0 Å². The van der Waals surface area contributed by atoms with E-state index in [0.29, 0.717) is 11.6 Å². The summed E-state index contributed by atoms with van der Waals surface area (Å²) in [5, 5.41) is 3.59. The Hall–Kier alpha value is -3.51. The number of hydrogen-bond acceptors (Lipinski definition) is 4. The number of rotatable bonds is 9. The molecule has 2 atom stereocenters. The Kier molecular flexibility index (Phi) is 9.41. The summed E-state index contributed by atoms with van der Waals surface area (Å²) in [6.45, 7) is 10.4. The zero-order valence-corrected chi connectivity index (χ0v) is 24.7. The molecule has 1 N–H and O–H groups in total. The minimum atomic E-state index is -0.628. The van der Waals surface area contributed by atoms with Gasteiger partial charge in [0.2, 0.25) is 0 Å². The van der Waals surface area contributed by atoms with Crippen LogP contribution in [0.2, 0.25) is 5.02 Å². The molecular weight excluding hydrogens is 524 g/mol. The predicted octanol–water partition coefficient (Wildman–Crippen LogP) is 8.03. The van der Waals surface area contributed by atoms with Crippen LogP contribution in [0.25, 0.3) is 11.1 Å². The normalized spacial score (nSPS) is 14.1. The number of nitrogens with one attached hydrogen (secondary N) is 1. The number of ether oxygens (including phenoxy) is 2. The SMILES string of the molecule is CC[C@H](C)[C@@H](CN(Cc1cccc(Cl)c1)C(=O)OCC1c2ccccc2-c2ccccc21)NC(=O)OC(C)(C)C. The topological polar surface area (TPSA) is 67.9 Å². The number of benzene rings is 3. The Morgan fingerprint density at radius 3 is 2.17 bits per heavy atom. The van der Waals surface area contributed by atoms with Gasteiger partial charge in [-0.3, -0.25) is 0 Å². The summed E-state index contributed by atoms with van der Waals surface area (Å²) in [5.41, 5.74) is 4.91. The van der Waals surface area contributed by atoms with Crippen LogP contribution in [-0.2, 0) is 16.0 Å². The molecule has 40 heavy (non-hydrogen) atoms. The van der Waals surface area contributed by atoms with Gasteiger partial charge in [-0.25, -0.2) is 9.59 Å². The molecule has 4 rings (SSSR count). The number of fused-ring (bicyclic) bond motifs is 3. The first-order valence-electron chi connectivity index (χ1n) is 13.9. The largest absolute Gasteiger partial charge is 0.448 e. The molecule has 1 aliphatic rings. The highest BCUT2D eigenvalue weighted by Crippen LogP contribution is 2.44. The van der Waals surface area contributed by atoms with E-state index < -0.39 is 17.8 Å². The van der Waals surface area contributed by atoms with Crippen LogP contribution in [0.5, 0.6) is 0 Å². The van der Waals surface area contributed by atoms with Crippen molar-refractivity contribution in [3.8, 4) is 11.1 Å². The first-order chi connectivity index (χ1) is 19.1. The fourth-order valence-corrected chi connectivity index (χ4v) is 5.31. The first-order valence-corrected chi connectivity index (χ1v) is 14.3. The van der Waals surface area contributed by atoms with Crippen LogP contribution in [0.15, 0.2) is 72.8 Å². The molecule has 0 heterocycles. The van der Waals surface area contributed by atoms with Crippen molar-refractivity contribution in [3.63, 3.8) is 0 Å². The van der Waals surface area contributed by atoms with Crippen LogP contribution in [0.4, 0.5) is 9.59 Å². The Bertz CT molecular complexity index is 1290. The smallest absolute Gasteiger partial charge is 0.410 e. The maximum atomic E-state index is 13.7. The van der Waals surface area contributed by atoms with Gasteiger partial charge >= 0.3 is 12.2 Å². The zero-order chi connectivity index (χ0) is 28.9. The fourth-order valence-electron chi connectivity index (χ4n) is 5.09. The lowest BCUT2D eigenvalue weighted by Gasteiger charge is -2.32. The molecule has 0 aromatic heterocycles. The van der Waals surface area contributed by atoms with Crippen LogP contribution >= 0.6 is 11.6 Å². The van der Waals surface area contributed by atoms with Crippen molar-refractivity contribution < 1.29 is 19.1 Å². The van der Waals surface area contributed by atoms with Crippen molar-refractivity contribution >= 4 is 23.8 Å². The predicted molar refractivity (Wildman–Crippen MR) is 160 cm³/mol. The first kappa shape index (κ1) is 29.5. The second-order valence-corrected chi connectivity index (χ2v) is 11.9. The van der Waals surface area contributed by atoms with Crippen molar-refractivity contribution in [1.29, 1.82) is 0 Å². The molecule has 0 radical (unpaired) electrons. The van der Waals surface area contributed by atoms with Gasteiger partial charge in [0, 0.05) is 24.0 Å². The van der Waals surface area contributed by atoms with Gasteiger partial charge < -0.3 is 19.7 Å². The van der Waals surface area contributed by atoms with Gasteiger partial charge in [-0.2, -0.15) is 0 Å². The van der Waals surface area contributed by atoms with Gasteiger partial charge in [0.15, 0.2) is 0 Å². The Morgan fingerprint density at radius 2 is 1.60 bits per heavy atom. The Morgan fingerprint density at radius 1 is 0.975 bits per heavy atom. The van der Waals surface area contributed by atoms with E-state index in [4.69, 9.17) is 21.1 Å². The highest BCUT2D eigenvalue weighted by molar-refractivity contribution is 6.30. The average Bonchev–Trinajstić information content (AvgIpc) is 3.23. The lowest BCUT2D eigenvalue weighted by molar-refractivity contribution is 0.0453. The maximum Gasteiger partial charge on any atom is 0.410 e. The number of hydrogen-bond donors (Lipinski definition) is 1. The molecule has 7 heteroatoms. The molecule has 212 valence electrons. The van der Waals surface area contributed by atoms with Crippen LogP contribution < -0.4 is 5.32 Å². The van der Waals surface area contributed by atoms with Crippen molar-refractivity contribution in [1.82, 2.24) is 10.2 Å². The fraction of sp³-hybridized carbons (Fsp3) is 0.394. The third-order valence-electron chi connectivity index (χ3n) is 7.31. The Labute approximate surface area is 242 Å². The summed E-state index contributed by atoms with van der Waals surface area (Å²) in [4.78, 5) is 28.0. The van der Waals surface area contributed by atoms with Crippen LogP contribution in [0.1, 0.15) is 63.6 Å². The third kappa shape index (κ3) is 7.36. The molecular formula is C33H39ClN2O4. The van der Waals surface area contributed by atoms with Crippen molar-refractivity contribution in [2.24, 2.45) is 5.92 Å². The van der Waals surface area contributed by atoms with E-state index in [0.717, 1.165) is 23.1 Å². The van der Waals surface area contributed by atoms with Crippen molar-refractivity contribution in [3.05, 3.63) is 94.5 Å². The summed E-state index contributed by atoms with van der Waals surface area (Å²) in [5.74, 6) is 0.0467. The molecule has 0 aliphatic heterocycles. The molecule has 0 saturated carbocycles. The van der Waals surface area contributed by atoms with E-state index in [1.54, 1.807) is 11.0 Å². The lowest BCUT2D eigenvalue weighted by atomic mass is 9.98. The van der Waals surface area contributed by atoms with E-state index in [2.05, 4.69) is 43.4 Å². The quantitative estimate of drug-likeness (QED) is 0.286. The van der Waals surface area contributed by atoms with Crippen molar-refractivity contribution in [2.75, 3.05) is 13.2 Å². The Balaban J connectivity index is 1.55. The molecule has 3 aromatic rings. The van der Waals surface area contributed by atoms with E-state index in [1.807, 2.05) is 63.2 Å². The van der Waals surface area contributed by atoms with Gasteiger partial charge in [-0.1, -0.05) is 92.5 Å². The van der Waals surface area contributed by atoms with E-state index in [1.165, 1.54) is 11.1 Å². The monoisotopic (exact) mass is 562 g/mol. The van der Waals surface area contributed by atoms with Crippen LogP contribution in [-0.4, -0.2) is 41.9 Å². The summed E-state index contributed by atoms with van der Waals surface area (Å²) in [6, 6.07) is 23.6. The lowest BCUT2D eigenvalue weighted by Crippen LogP contribution is -2.50. The molecule has 2 amide bonds. The van der Waals surface area contributed by atoms with Crippen LogP contribution in [0.3, 0.4) is 0 Å². The number of amides is 2. The number of nitrogens with zero attached hydrogens (tertiary/aromatic N) is 1. The molecule has 3 aromatic carbocycles. The van der Waals surface area contributed by atoms with E-state index in [-0.39, 0.29) is 31.0 Å². The summed E-state index contributed by atoms with van der Waals surface area (Å²) in [6.07, 6.45) is -0.134. The second kappa shape index (κ2) is 12.8. The summed E-state index contributed by atoms with van der Waals surface area (Å²) in [7, 11) is 0. The molecule has 0 bridgehead atoms. The molecule has 0 saturated heterocycles. The number of alkyl carbamates (subject to hydrolysis) is 1. The molecule has 0 unspecified atom stereocenters. The van der Waals surface area contributed by atoms with Gasteiger partial charge in [0.25, 0.3) is 0 Å². The standard InChI is InChI=1S/C33H39ClN2O4/c1-6-22(2)30(35-31(37)40-33(3,4)5)20-36(19-23-12-11-13-24(34)18-23)32(38)39-21-29-27-16-9-7-14-25(27)26-15-8-10-17-28(26)29/h7-18,22,29-30H,6,19-21H2,1-5H3,(H,35,37)/t22-,30+/m0/s1. The number of carbonyl (C=O) groups is 2. The van der Waals surface area contributed by atoms with Gasteiger partial charge in [-0.05, 0) is 66.6 Å². The summed E-state index contributed by atoms with van der Waals surface area (Å²) >= 11 is 6.25. The highest BCUT2D eigenvalue weighted by atomic mass is 35.5. The average molecular weight is 563 g/mol. The highest BCUT2D eigenvalue weighted by Gasteiger charge is 2.31. The van der Waals surface area contributed by atoms with Gasteiger partial charge in [0.1, 0.15) is 12.2 Å². The molecule has 1 aliphatic carbocycles.